The van der Waals surface area contributed by atoms with E-state index >= 15 is 8.78 Å². The molecule has 1 fully saturated rings. The van der Waals surface area contributed by atoms with Gasteiger partial charge in [-0.15, -0.1) is 0 Å². The predicted molar refractivity (Wildman–Crippen MR) is 145 cm³/mol. The fraction of sp³-hybridized carbons (Fsp3) is 0.406. The Hall–Kier alpha value is -3.41. The predicted octanol–water partition coefficient (Wildman–Crippen LogP) is 8.48. The third-order valence-corrected chi connectivity index (χ3v) is 7.95. The zero-order chi connectivity index (χ0) is 27.4. The summed E-state index contributed by atoms with van der Waals surface area (Å²) < 4.78 is 41.9. The molecule has 0 saturated heterocycles. The molecule has 1 aliphatic carbocycles. The molecular weight excluding hydrogens is 486 g/mol. The van der Waals surface area contributed by atoms with Gasteiger partial charge in [0.2, 0.25) is 0 Å². The van der Waals surface area contributed by atoms with Gasteiger partial charge in [0, 0.05) is 11.1 Å². The molecule has 4 nitrogen and oxygen atoms in total. The first kappa shape index (κ1) is 27.6. The average Bonchev–Trinajstić information content (AvgIpc) is 3.25. The van der Waals surface area contributed by atoms with Gasteiger partial charge in [0.15, 0.2) is 0 Å². The molecule has 1 N–H and O–H groups in total. The smallest absolute Gasteiger partial charge is 0.303 e. The van der Waals surface area contributed by atoms with E-state index < -0.39 is 17.6 Å². The van der Waals surface area contributed by atoms with Gasteiger partial charge >= 0.3 is 5.97 Å². The molecule has 0 heterocycles. The van der Waals surface area contributed by atoms with Crippen LogP contribution in [0.4, 0.5) is 8.78 Å². The van der Waals surface area contributed by atoms with Gasteiger partial charge < -0.3 is 14.6 Å². The van der Waals surface area contributed by atoms with Crippen molar-refractivity contribution in [2.45, 2.75) is 71.3 Å². The van der Waals surface area contributed by atoms with Crippen molar-refractivity contribution in [2.24, 2.45) is 5.41 Å². The molecule has 0 amide bonds. The summed E-state index contributed by atoms with van der Waals surface area (Å²) in [5.41, 5.74) is 3.06. The molecule has 202 valence electrons. The van der Waals surface area contributed by atoms with E-state index in [1.807, 2.05) is 31.2 Å². The van der Waals surface area contributed by atoms with Gasteiger partial charge in [-0.3, -0.25) is 4.79 Å². The highest BCUT2D eigenvalue weighted by atomic mass is 19.1. The second-order valence-corrected chi connectivity index (χ2v) is 10.9. The fourth-order valence-electron chi connectivity index (χ4n) is 5.74. The van der Waals surface area contributed by atoms with Crippen LogP contribution in [0.15, 0.2) is 54.6 Å². The monoisotopic (exact) mass is 522 g/mol. The summed E-state index contributed by atoms with van der Waals surface area (Å²) in [7, 11) is 1.53. The first-order valence-electron chi connectivity index (χ1n) is 13.2. The summed E-state index contributed by atoms with van der Waals surface area (Å²) in [6, 6.07) is 15.1. The second kappa shape index (κ2) is 11.5. The van der Waals surface area contributed by atoms with Crippen molar-refractivity contribution in [1.82, 2.24) is 0 Å². The zero-order valence-electron chi connectivity index (χ0n) is 22.5. The third-order valence-electron chi connectivity index (χ3n) is 7.95. The van der Waals surface area contributed by atoms with Crippen molar-refractivity contribution in [2.75, 3.05) is 7.11 Å². The Morgan fingerprint density at radius 3 is 2.50 bits per heavy atom. The summed E-state index contributed by atoms with van der Waals surface area (Å²) >= 11 is 0. The number of halogens is 2. The van der Waals surface area contributed by atoms with Crippen LogP contribution in [-0.2, 0) is 11.4 Å². The maximum atomic E-state index is 15.5. The summed E-state index contributed by atoms with van der Waals surface area (Å²) in [5, 5.41) is 9.23. The van der Waals surface area contributed by atoms with Gasteiger partial charge in [0.25, 0.3) is 0 Å². The highest BCUT2D eigenvalue weighted by Crippen LogP contribution is 2.51. The Kier molecular flexibility index (Phi) is 8.39. The number of hydrogen-bond acceptors (Lipinski definition) is 3. The summed E-state index contributed by atoms with van der Waals surface area (Å²) in [6.45, 7) is 6.38. The summed E-state index contributed by atoms with van der Waals surface area (Å²) in [6.07, 6.45) is 3.78. The zero-order valence-corrected chi connectivity index (χ0v) is 22.5. The SMILES string of the molecule is CC[C@@H](CC(=O)O)c1cccc(OCc2cc([C@@H]3CCCC3(C)C)c(-c3cc(OC)ccc3F)cc2F)c1. The fourth-order valence-corrected chi connectivity index (χ4v) is 5.74. The van der Waals surface area contributed by atoms with Crippen LogP contribution in [0.1, 0.15) is 81.4 Å². The second-order valence-electron chi connectivity index (χ2n) is 10.9. The molecule has 0 aliphatic heterocycles. The van der Waals surface area contributed by atoms with Crippen LogP contribution in [0.25, 0.3) is 11.1 Å². The molecule has 3 aromatic carbocycles. The van der Waals surface area contributed by atoms with E-state index in [0.29, 0.717) is 34.6 Å². The summed E-state index contributed by atoms with van der Waals surface area (Å²) in [5.74, 6) is -0.645. The molecule has 6 heteroatoms. The van der Waals surface area contributed by atoms with E-state index in [0.717, 1.165) is 30.4 Å². The minimum atomic E-state index is -0.847. The van der Waals surface area contributed by atoms with Crippen molar-refractivity contribution >= 4 is 5.97 Å². The Balaban J connectivity index is 1.69. The van der Waals surface area contributed by atoms with E-state index in [9.17, 15) is 9.90 Å². The minimum Gasteiger partial charge on any atom is -0.497 e. The molecule has 1 aliphatic rings. The number of rotatable bonds is 10. The molecule has 0 bridgehead atoms. The standard InChI is InChI=1S/C32H36F2O4/c1-5-20(16-31(35)36)21-8-6-9-24(14-21)38-19-22-15-26(28-10-7-13-32(28,2)3)25(18-30(22)34)27-17-23(37-4)11-12-29(27)33/h6,8-9,11-12,14-15,17-18,20,28H,5,7,10,13,16,19H2,1-4H3,(H,35,36)/t20-,28-/m0/s1. The van der Waals surface area contributed by atoms with Crippen molar-refractivity contribution in [3.63, 3.8) is 0 Å². The Morgan fingerprint density at radius 2 is 1.84 bits per heavy atom. The summed E-state index contributed by atoms with van der Waals surface area (Å²) in [4.78, 5) is 11.2. The average molecular weight is 523 g/mol. The maximum Gasteiger partial charge on any atom is 0.303 e. The highest BCUT2D eigenvalue weighted by molar-refractivity contribution is 5.71. The van der Waals surface area contributed by atoms with Crippen LogP contribution in [0.2, 0.25) is 0 Å². The lowest BCUT2D eigenvalue weighted by molar-refractivity contribution is -0.137. The van der Waals surface area contributed by atoms with Crippen molar-refractivity contribution in [1.29, 1.82) is 0 Å². The topological polar surface area (TPSA) is 55.8 Å². The molecular formula is C32H36F2O4. The molecule has 0 spiro atoms. The lowest BCUT2D eigenvalue weighted by Gasteiger charge is -2.30. The largest absolute Gasteiger partial charge is 0.497 e. The van der Waals surface area contributed by atoms with Gasteiger partial charge in [0.05, 0.1) is 13.5 Å². The van der Waals surface area contributed by atoms with Crippen LogP contribution in [0.3, 0.4) is 0 Å². The first-order chi connectivity index (χ1) is 18.1. The van der Waals surface area contributed by atoms with E-state index in [1.165, 1.54) is 19.2 Å². The van der Waals surface area contributed by atoms with Gasteiger partial charge in [-0.05, 0) is 95.7 Å². The Labute approximate surface area is 223 Å². The van der Waals surface area contributed by atoms with Crippen LogP contribution >= 0.6 is 0 Å². The van der Waals surface area contributed by atoms with Crippen LogP contribution < -0.4 is 9.47 Å². The molecule has 38 heavy (non-hydrogen) atoms. The van der Waals surface area contributed by atoms with Gasteiger partial charge in [-0.1, -0.05) is 39.3 Å². The van der Waals surface area contributed by atoms with Crippen LogP contribution in [-0.4, -0.2) is 18.2 Å². The molecule has 1 saturated carbocycles. The lowest BCUT2D eigenvalue weighted by Crippen LogP contribution is -2.17. The van der Waals surface area contributed by atoms with E-state index in [4.69, 9.17) is 9.47 Å². The van der Waals surface area contributed by atoms with Crippen molar-refractivity contribution in [3.8, 4) is 22.6 Å². The quantitative estimate of drug-likeness (QED) is 0.290. The van der Waals surface area contributed by atoms with Crippen LogP contribution in [0, 0.1) is 17.0 Å². The van der Waals surface area contributed by atoms with Gasteiger partial charge in [-0.25, -0.2) is 8.78 Å². The normalized spacial score (nSPS) is 17.3. The number of benzene rings is 3. The number of carbonyl (C=O) groups is 1. The molecule has 0 radical (unpaired) electrons. The molecule has 3 aromatic rings. The van der Waals surface area contributed by atoms with Gasteiger partial charge in [0.1, 0.15) is 29.7 Å². The Bertz CT molecular complexity index is 1300. The van der Waals surface area contributed by atoms with Gasteiger partial charge in [-0.2, -0.15) is 0 Å². The lowest BCUT2D eigenvalue weighted by atomic mass is 9.75. The number of methoxy groups -OCH3 is 1. The molecule has 0 unspecified atom stereocenters. The minimum absolute atomic E-state index is 0.00598. The van der Waals surface area contributed by atoms with E-state index in [2.05, 4.69) is 13.8 Å². The number of aliphatic carboxylic acids is 1. The van der Waals surface area contributed by atoms with Crippen molar-refractivity contribution < 1.29 is 28.2 Å². The first-order valence-corrected chi connectivity index (χ1v) is 13.2. The highest BCUT2D eigenvalue weighted by Gasteiger charge is 2.37. The van der Waals surface area contributed by atoms with Crippen LogP contribution in [0.5, 0.6) is 11.5 Å². The maximum absolute atomic E-state index is 15.5. The number of hydrogen-bond donors (Lipinski definition) is 1. The third kappa shape index (κ3) is 6.01. The van der Waals surface area contributed by atoms with Crippen molar-refractivity contribution in [3.05, 3.63) is 82.9 Å². The number of ether oxygens (including phenoxy) is 2. The molecule has 4 rings (SSSR count). The number of carboxylic acid groups (broad SMARTS) is 1. The van der Waals surface area contributed by atoms with E-state index in [1.54, 1.807) is 18.2 Å². The van der Waals surface area contributed by atoms with E-state index in [-0.39, 0.29) is 30.3 Å². The Morgan fingerprint density at radius 1 is 1.05 bits per heavy atom. The number of carboxylic acids is 1. The molecule has 2 atom stereocenters. The molecule has 0 aromatic heterocycles.